The third kappa shape index (κ3) is 7.43. The zero-order valence-corrected chi connectivity index (χ0v) is 10.5. The van der Waals surface area contributed by atoms with Gasteiger partial charge in [0, 0.05) is 12.6 Å². The molecular weight excluding hydrogens is 206 g/mol. The van der Waals surface area contributed by atoms with Crippen molar-refractivity contribution in [1.82, 2.24) is 4.90 Å². The number of ether oxygens (including phenoxy) is 1. The van der Waals surface area contributed by atoms with Gasteiger partial charge in [0.05, 0.1) is 0 Å². The summed E-state index contributed by atoms with van der Waals surface area (Å²) in [6.07, 6.45) is 3.40. The van der Waals surface area contributed by atoms with Crippen molar-refractivity contribution in [2.75, 3.05) is 26.2 Å². The van der Waals surface area contributed by atoms with Crippen molar-refractivity contribution in [1.29, 1.82) is 0 Å². The lowest BCUT2D eigenvalue weighted by molar-refractivity contribution is -0.141. The molecule has 0 aromatic rings. The van der Waals surface area contributed by atoms with Gasteiger partial charge in [0.1, 0.15) is 12.7 Å². The average Bonchev–Trinajstić information content (AvgIpc) is 2.26. The molecular formula is C12H23NO3. The zero-order valence-electron chi connectivity index (χ0n) is 10.5. The number of nitrogens with zero attached hydrogens (tertiary/aromatic N) is 1. The third-order valence-electron chi connectivity index (χ3n) is 2.18. The second-order valence-electron chi connectivity index (χ2n) is 3.68. The van der Waals surface area contributed by atoms with Crippen molar-refractivity contribution in [3.63, 3.8) is 0 Å². The van der Waals surface area contributed by atoms with Gasteiger partial charge >= 0.3 is 5.97 Å². The Labute approximate surface area is 97.9 Å². The number of likely N-dealkylation sites (N-methyl/N-ethyl adjacent to an activating group) is 1. The first kappa shape index (κ1) is 15.1. The summed E-state index contributed by atoms with van der Waals surface area (Å²) in [6, 6.07) is 0. The maximum atomic E-state index is 11.0. The maximum absolute atomic E-state index is 11.0. The van der Waals surface area contributed by atoms with Crippen LogP contribution in [0.15, 0.2) is 12.2 Å². The number of carbonyl (C=O) groups excluding carboxylic acids is 1. The molecule has 94 valence electrons. The van der Waals surface area contributed by atoms with Crippen LogP contribution in [0.25, 0.3) is 0 Å². The Bertz CT molecular complexity index is 216. The molecule has 0 aliphatic heterocycles. The van der Waals surface area contributed by atoms with Crippen LogP contribution in [0.2, 0.25) is 0 Å². The molecule has 0 saturated carbocycles. The summed E-state index contributed by atoms with van der Waals surface area (Å²) in [5.74, 6) is -0.403. The van der Waals surface area contributed by atoms with E-state index in [-0.39, 0.29) is 6.61 Å². The van der Waals surface area contributed by atoms with E-state index < -0.39 is 12.1 Å². The lowest BCUT2D eigenvalue weighted by atomic mass is 10.3. The van der Waals surface area contributed by atoms with Gasteiger partial charge in [-0.3, -0.25) is 0 Å². The molecule has 16 heavy (non-hydrogen) atoms. The summed E-state index contributed by atoms with van der Waals surface area (Å²) in [7, 11) is 0. The Morgan fingerprint density at radius 3 is 2.69 bits per heavy atom. The van der Waals surface area contributed by atoms with Crippen LogP contribution in [0, 0.1) is 0 Å². The smallest absolute Gasteiger partial charge is 0.330 e. The molecule has 0 fully saturated rings. The van der Waals surface area contributed by atoms with Crippen molar-refractivity contribution >= 4 is 5.97 Å². The molecule has 0 aliphatic carbocycles. The van der Waals surface area contributed by atoms with Crippen molar-refractivity contribution in [3.8, 4) is 0 Å². The zero-order chi connectivity index (χ0) is 12.4. The van der Waals surface area contributed by atoms with Crippen LogP contribution in [-0.2, 0) is 9.53 Å². The van der Waals surface area contributed by atoms with Gasteiger partial charge in [-0.15, -0.1) is 0 Å². The van der Waals surface area contributed by atoms with E-state index in [0.29, 0.717) is 6.54 Å². The quantitative estimate of drug-likeness (QED) is 0.502. The van der Waals surface area contributed by atoms with Gasteiger partial charge in [-0.2, -0.15) is 0 Å². The molecule has 0 amide bonds. The van der Waals surface area contributed by atoms with E-state index in [9.17, 15) is 9.90 Å². The molecule has 4 nitrogen and oxygen atoms in total. The normalized spacial score (nSPS) is 13.3. The van der Waals surface area contributed by atoms with Crippen LogP contribution >= 0.6 is 0 Å². The number of carbonyl (C=O) groups is 1. The Morgan fingerprint density at radius 1 is 1.50 bits per heavy atom. The van der Waals surface area contributed by atoms with E-state index in [4.69, 9.17) is 4.74 Å². The van der Waals surface area contributed by atoms with Gasteiger partial charge in [0.2, 0.25) is 0 Å². The highest BCUT2D eigenvalue weighted by Crippen LogP contribution is 1.96. The highest BCUT2D eigenvalue weighted by Gasteiger charge is 2.11. The van der Waals surface area contributed by atoms with Crippen LogP contribution < -0.4 is 0 Å². The summed E-state index contributed by atoms with van der Waals surface area (Å²) < 4.78 is 4.87. The minimum atomic E-state index is -0.610. The van der Waals surface area contributed by atoms with Gasteiger partial charge in [0.15, 0.2) is 0 Å². The Hall–Kier alpha value is -0.870. The van der Waals surface area contributed by atoms with Gasteiger partial charge in [0.25, 0.3) is 0 Å². The summed E-state index contributed by atoms with van der Waals surface area (Å²) >= 11 is 0. The van der Waals surface area contributed by atoms with Gasteiger partial charge < -0.3 is 14.7 Å². The second kappa shape index (κ2) is 9.36. The van der Waals surface area contributed by atoms with Crippen LogP contribution in [0.4, 0.5) is 0 Å². The van der Waals surface area contributed by atoms with Gasteiger partial charge in [-0.05, 0) is 26.4 Å². The first-order chi connectivity index (χ1) is 7.63. The first-order valence-corrected chi connectivity index (χ1v) is 5.83. The molecule has 0 aromatic carbocycles. The fourth-order valence-corrected chi connectivity index (χ4v) is 1.41. The summed E-state index contributed by atoms with van der Waals surface area (Å²) in [5.41, 5.74) is 0. The predicted octanol–water partition coefficient (Wildman–Crippen LogP) is 1.20. The van der Waals surface area contributed by atoms with E-state index >= 15 is 0 Å². The molecule has 0 heterocycles. The molecule has 0 radical (unpaired) electrons. The Balaban J connectivity index is 3.79. The number of rotatable bonds is 8. The molecule has 1 atom stereocenters. The number of aliphatic hydroxyl groups excluding tert-OH is 1. The highest BCUT2D eigenvalue weighted by atomic mass is 16.5. The van der Waals surface area contributed by atoms with E-state index in [1.54, 1.807) is 13.0 Å². The van der Waals surface area contributed by atoms with Crippen molar-refractivity contribution in [2.24, 2.45) is 0 Å². The standard InChI is InChI=1S/C12H23NO3/c1-4-7-12(15)16-10-11(14)9-13(6-3)8-5-2/h4,7,11,14H,5-6,8-10H2,1-3H3. The number of esters is 1. The fraction of sp³-hybridized carbons (Fsp3) is 0.750. The van der Waals surface area contributed by atoms with Crippen molar-refractivity contribution in [2.45, 2.75) is 33.3 Å². The third-order valence-corrected chi connectivity index (χ3v) is 2.18. The molecule has 0 aromatic heterocycles. The molecule has 0 rings (SSSR count). The maximum Gasteiger partial charge on any atom is 0.330 e. The topological polar surface area (TPSA) is 49.8 Å². The lowest BCUT2D eigenvalue weighted by Gasteiger charge is -2.22. The average molecular weight is 229 g/mol. The number of hydrogen-bond acceptors (Lipinski definition) is 4. The van der Waals surface area contributed by atoms with Crippen LogP contribution in [0.3, 0.4) is 0 Å². The molecule has 1 N–H and O–H groups in total. The monoisotopic (exact) mass is 229 g/mol. The summed E-state index contributed by atoms with van der Waals surface area (Å²) in [4.78, 5) is 13.1. The van der Waals surface area contributed by atoms with E-state index in [1.807, 2.05) is 6.92 Å². The molecule has 1 unspecified atom stereocenters. The van der Waals surface area contributed by atoms with Crippen LogP contribution in [0.5, 0.6) is 0 Å². The van der Waals surface area contributed by atoms with Crippen molar-refractivity contribution in [3.05, 3.63) is 12.2 Å². The van der Waals surface area contributed by atoms with E-state index in [0.717, 1.165) is 19.5 Å². The number of hydrogen-bond donors (Lipinski definition) is 1. The van der Waals surface area contributed by atoms with Gasteiger partial charge in [-0.1, -0.05) is 19.9 Å². The number of aliphatic hydroxyl groups is 1. The largest absolute Gasteiger partial charge is 0.460 e. The molecule has 0 spiro atoms. The van der Waals surface area contributed by atoms with Gasteiger partial charge in [-0.25, -0.2) is 4.79 Å². The fourth-order valence-electron chi connectivity index (χ4n) is 1.41. The van der Waals surface area contributed by atoms with Crippen molar-refractivity contribution < 1.29 is 14.6 Å². The first-order valence-electron chi connectivity index (χ1n) is 5.83. The van der Waals surface area contributed by atoms with E-state index in [2.05, 4.69) is 11.8 Å². The van der Waals surface area contributed by atoms with Crippen LogP contribution in [-0.4, -0.2) is 48.3 Å². The highest BCUT2D eigenvalue weighted by molar-refractivity contribution is 5.81. The Kier molecular flexibility index (Phi) is 8.85. The number of allylic oxidation sites excluding steroid dienone is 1. The summed E-state index contributed by atoms with van der Waals surface area (Å²) in [5, 5.41) is 9.65. The second-order valence-corrected chi connectivity index (χ2v) is 3.68. The predicted molar refractivity (Wildman–Crippen MR) is 64.2 cm³/mol. The molecule has 0 saturated heterocycles. The Morgan fingerprint density at radius 2 is 2.19 bits per heavy atom. The summed E-state index contributed by atoms with van der Waals surface area (Å²) in [6.45, 7) is 8.36. The molecule has 0 bridgehead atoms. The molecule has 4 heteroatoms. The lowest BCUT2D eigenvalue weighted by Crippen LogP contribution is -2.35. The van der Waals surface area contributed by atoms with Crippen LogP contribution in [0.1, 0.15) is 27.2 Å². The minimum Gasteiger partial charge on any atom is -0.460 e. The SMILES string of the molecule is CC=CC(=O)OCC(O)CN(CC)CCC. The van der Waals surface area contributed by atoms with E-state index in [1.165, 1.54) is 6.08 Å². The molecule has 0 aliphatic rings. The minimum absolute atomic E-state index is 0.0589.